The number of rotatable bonds is 4. The van der Waals surface area contributed by atoms with Crippen molar-refractivity contribution in [2.24, 2.45) is 10.2 Å². The number of carbonyl (C=O) groups is 2. The van der Waals surface area contributed by atoms with Gasteiger partial charge in [0, 0.05) is 0 Å². The Bertz CT molecular complexity index is 250. The van der Waals surface area contributed by atoms with Gasteiger partial charge in [-0.05, 0) is 41.5 Å². The molecule has 0 spiro atoms. The maximum atomic E-state index is 11.1. The van der Waals surface area contributed by atoms with E-state index in [0.29, 0.717) is 0 Å². The zero-order valence-corrected chi connectivity index (χ0v) is 9.71. The molecule has 0 saturated heterocycles. The van der Waals surface area contributed by atoms with E-state index in [0.717, 1.165) is 0 Å². The Morgan fingerprint density at radius 1 is 0.786 bits per heavy atom. The van der Waals surface area contributed by atoms with Crippen LogP contribution in [0.25, 0.3) is 0 Å². The van der Waals surface area contributed by atoms with Crippen LogP contribution in [0.4, 0.5) is 0 Å². The van der Waals surface area contributed by atoms with Gasteiger partial charge in [-0.1, -0.05) is 0 Å². The molecular weight excluding hydrogens is 180 g/mol. The second-order valence-corrected chi connectivity index (χ2v) is 4.43. The molecule has 0 aliphatic rings. The molecule has 0 aromatic carbocycles. The Kier molecular flexibility index (Phi) is 3.68. The topological polar surface area (TPSA) is 58.9 Å². The number of nitrogens with zero attached hydrogens (tertiary/aromatic N) is 2. The molecule has 0 N–H and O–H groups in total. The van der Waals surface area contributed by atoms with Crippen molar-refractivity contribution in [3.8, 4) is 0 Å². The maximum absolute atomic E-state index is 11.1. The summed E-state index contributed by atoms with van der Waals surface area (Å²) in [7, 11) is 0. The van der Waals surface area contributed by atoms with E-state index in [4.69, 9.17) is 0 Å². The molecule has 0 amide bonds. The summed E-state index contributed by atoms with van der Waals surface area (Å²) < 4.78 is 0. The fourth-order valence-corrected chi connectivity index (χ4v) is 0.391. The molecule has 4 heteroatoms. The predicted octanol–water partition coefficient (Wildman–Crippen LogP) is 2.17. The molecule has 0 aliphatic carbocycles. The Hall–Kier alpha value is -1.06. The molecule has 0 aromatic rings. The normalized spacial score (nSPS) is 13.3. The molecule has 0 fully saturated rings. The fraction of sp³-hybridized carbons (Fsp3) is 0.800. The minimum Gasteiger partial charge on any atom is -0.297 e. The summed E-state index contributed by atoms with van der Waals surface area (Å²) >= 11 is 0. The monoisotopic (exact) mass is 198 g/mol. The molecule has 0 bridgehead atoms. The summed E-state index contributed by atoms with van der Waals surface area (Å²) in [6, 6.07) is 0. The van der Waals surface area contributed by atoms with Crippen LogP contribution in [0.15, 0.2) is 10.2 Å². The third-order valence-corrected chi connectivity index (χ3v) is 2.27. The van der Waals surface area contributed by atoms with Gasteiger partial charge in [-0.3, -0.25) is 9.59 Å². The standard InChI is InChI=1S/C10H18N2O2/c1-7(13)9(3,4)11-12-10(5,6)8(2)14/h1-6H3. The van der Waals surface area contributed by atoms with Crippen LogP contribution in [-0.2, 0) is 9.59 Å². The molecule has 80 valence electrons. The zero-order valence-electron chi connectivity index (χ0n) is 9.71. The molecule has 14 heavy (non-hydrogen) atoms. The van der Waals surface area contributed by atoms with E-state index in [1.807, 2.05) is 0 Å². The first-order valence-corrected chi connectivity index (χ1v) is 4.56. The van der Waals surface area contributed by atoms with Crippen molar-refractivity contribution >= 4 is 11.6 Å². The fourth-order valence-electron chi connectivity index (χ4n) is 0.391. The number of Topliss-reactive ketones (excluding diaryl/α,β-unsaturated/α-hetero) is 2. The van der Waals surface area contributed by atoms with Gasteiger partial charge in [-0.25, -0.2) is 0 Å². The summed E-state index contributed by atoms with van der Waals surface area (Å²) in [5.41, 5.74) is -1.68. The van der Waals surface area contributed by atoms with E-state index in [1.165, 1.54) is 13.8 Å². The molecule has 0 unspecified atom stereocenters. The quantitative estimate of drug-likeness (QED) is 0.650. The van der Waals surface area contributed by atoms with E-state index in [1.54, 1.807) is 27.7 Å². The number of carbonyl (C=O) groups excluding carboxylic acids is 2. The Labute approximate surface area is 84.8 Å². The van der Waals surface area contributed by atoms with Gasteiger partial charge in [0.25, 0.3) is 0 Å². The molecule has 0 atom stereocenters. The van der Waals surface area contributed by atoms with Crippen molar-refractivity contribution in [2.75, 3.05) is 0 Å². The lowest BCUT2D eigenvalue weighted by Gasteiger charge is -2.18. The zero-order chi connectivity index (χ0) is 11.6. The van der Waals surface area contributed by atoms with Crippen LogP contribution in [0.1, 0.15) is 41.5 Å². The summed E-state index contributed by atoms with van der Waals surface area (Å²) in [6.45, 7) is 9.62. The highest BCUT2D eigenvalue weighted by atomic mass is 16.1. The summed E-state index contributed by atoms with van der Waals surface area (Å²) in [5, 5.41) is 7.81. The lowest BCUT2D eigenvalue weighted by molar-refractivity contribution is -0.122. The first kappa shape index (κ1) is 12.9. The van der Waals surface area contributed by atoms with E-state index in [-0.39, 0.29) is 11.6 Å². The smallest absolute Gasteiger partial charge is 0.158 e. The molecule has 0 rings (SSSR count). The van der Waals surface area contributed by atoms with Crippen molar-refractivity contribution < 1.29 is 9.59 Å². The predicted molar refractivity (Wildman–Crippen MR) is 54.4 cm³/mol. The second kappa shape index (κ2) is 3.98. The van der Waals surface area contributed by atoms with Gasteiger partial charge < -0.3 is 0 Å². The van der Waals surface area contributed by atoms with Gasteiger partial charge >= 0.3 is 0 Å². The van der Waals surface area contributed by atoms with Gasteiger partial charge in [-0.15, -0.1) is 0 Å². The van der Waals surface area contributed by atoms with Crippen LogP contribution in [0.5, 0.6) is 0 Å². The molecule has 0 saturated carbocycles. The van der Waals surface area contributed by atoms with Crippen LogP contribution >= 0.6 is 0 Å². The minimum absolute atomic E-state index is 0.0689. The number of hydrogen-bond donors (Lipinski definition) is 0. The van der Waals surface area contributed by atoms with E-state index >= 15 is 0 Å². The molecule has 0 aliphatic heterocycles. The van der Waals surface area contributed by atoms with Gasteiger partial charge in [0.05, 0.1) is 0 Å². The molecule has 0 heterocycles. The third-order valence-electron chi connectivity index (χ3n) is 2.27. The first-order chi connectivity index (χ1) is 6.09. The van der Waals surface area contributed by atoms with Gasteiger partial charge in [0.15, 0.2) is 11.6 Å². The van der Waals surface area contributed by atoms with Crippen molar-refractivity contribution in [1.29, 1.82) is 0 Å². The average Bonchev–Trinajstić information content (AvgIpc) is 2.01. The highest BCUT2D eigenvalue weighted by Gasteiger charge is 2.27. The number of azo groups is 1. The van der Waals surface area contributed by atoms with Crippen LogP contribution in [0.3, 0.4) is 0 Å². The van der Waals surface area contributed by atoms with E-state index in [2.05, 4.69) is 10.2 Å². The molecule has 0 aromatic heterocycles. The van der Waals surface area contributed by atoms with Gasteiger partial charge in [0.2, 0.25) is 0 Å². The first-order valence-electron chi connectivity index (χ1n) is 4.56. The molecule has 4 nitrogen and oxygen atoms in total. The minimum atomic E-state index is -0.841. The average molecular weight is 198 g/mol. The van der Waals surface area contributed by atoms with Gasteiger partial charge in [0.1, 0.15) is 11.1 Å². The van der Waals surface area contributed by atoms with Crippen molar-refractivity contribution in [3.63, 3.8) is 0 Å². The highest BCUT2D eigenvalue weighted by molar-refractivity contribution is 5.86. The molecule has 0 radical (unpaired) electrons. The largest absolute Gasteiger partial charge is 0.297 e. The Balaban J connectivity index is 4.76. The van der Waals surface area contributed by atoms with Crippen LogP contribution < -0.4 is 0 Å². The van der Waals surface area contributed by atoms with E-state index < -0.39 is 11.1 Å². The van der Waals surface area contributed by atoms with Crippen LogP contribution in [0.2, 0.25) is 0 Å². The van der Waals surface area contributed by atoms with Crippen LogP contribution in [0, 0.1) is 0 Å². The molecular formula is C10H18N2O2. The van der Waals surface area contributed by atoms with Crippen LogP contribution in [-0.4, -0.2) is 22.6 Å². The second-order valence-electron chi connectivity index (χ2n) is 4.43. The van der Waals surface area contributed by atoms with Crippen molar-refractivity contribution in [1.82, 2.24) is 0 Å². The number of ketones is 2. The summed E-state index contributed by atoms with van der Waals surface area (Å²) in [5.74, 6) is -0.138. The lowest BCUT2D eigenvalue weighted by Crippen LogP contribution is -2.30. The van der Waals surface area contributed by atoms with Gasteiger partial charge in [-0.2, -0.15) is 10.2 Å². The van der Waals surface area contributed by atoms with E-state index in [9.17, 15) is 9.59 Å². The van der Waals surface area contributed by atoms with Crippen molar-refractivity contribution in [2.45, 2.75) is 52.6 Å². The number of hydrogen-bond acceptors (Lipinski definition) is 4. The Morgan fingerprint density at radius 2 is 1.00 bits per heavy atom. The van der Waals surface area contributed by atoms with Crippen molar-refractivity contribution in [3.05, 3.63) is 0 Å². The highest BCUT2D eigenvalue weighted by Crippen LogP contribution is 2.17. The summed E-state index contributed by atoms with van der Waals surface area (Å²) in [6.07, 6.45) is 0. The lowest BCUT2D eigenvalue weighted by atomic mass is 10.0. The SMILES string of the molecule is CC(=O)C(C)(C)N=NC(C)(C)C(C)=O. The Morgan fingerprint density at radius 3 is 1.14 bits per heavy atom. The summed E-state index contributed by atoms with van der Waals surface area (Å²) in [4.78, 5) is 22.2. The maximum Gasteiger partial charge on any atom is 0.158 e. The third kappa shape index (κ3) is 3.36.